The summed E-state index contributed by atoms with van der Waals surface area (Å²) >= 11 is 0. The van der Waals surface area contributed by atoms with Crippen LogP contribution in [0.5, 0.6) is 6.01 Å². The number of nitrogens with zero attached hydrogens (tertiary/aromatic N) is 3. The fourth-order valence-electron chi connectivity index (χ4n) is 0.821. The summed E-state index contributed by atoms with van der Waals surface area (Å²) < 4.78 is 4.83. The van der Waals surface area contributed by atoms with Gasteiger partial charge in [0.15, 0.2) is 0 Å². The molecule has 1 rings (SSSR count). The molecule has 0 aromatic carbocycles. The molecule has 0 radical (unpaired) electrons. The summed E-state index contributed by atoms with van der Waals surface area (Å²) in [6, 6.07) is 0.327. The Labute approximate surface area is 81.5 Å². The van der Waals surface area contributed by atoms with Crippen molar-refractivity contribution in [3.63, 3.8) is 0 Å². The van der Waals surface area contributed by atoms with Crippen LogP contribution in [0.1, 0.15) is 13.8 Å². The molecule has 14 heavy (non-hydrogen) atoms. The minimum absolute atomic E-state index is 0.0417. The van der Waals surface area contributed by atoms with Crippen LogP contribution >= 0.6 is 0 Å². The van der Waals surface area contributed by atoms with Gasteiger partial charge in [0.25, 0.3) is 5.95 Å². The third-order valence-corrected chi connectivity index (χ3v) is 1.32. The molecule has 0 bridgehead atoms. The van der Waals surface area contributed by atoms with Gasteiger partial charge in [0.1, 0.15) is 0 Å². The smallest absolute Gasteiger partial charge is 0.322 e. The maximum atomic E-state index is 8.63. The minimum atomic E-state index is 0.0417. The molecule has 0 aliphatic rings. The van der Waals surface area contributed by atoms with Gasteiger partial charge >= 0.3 is 6.01 Å². The highest BCUT2D eigenvalue weighted by Crippen LogP contribution is 2.10. The molecule has 0 spiro atoms. The Hall–Kier alpha value is -1.63. The Morgan fingerprint density at radius 2 is 1.86 bits per heavy atom. The van der Waals surface area contributed by atoms with E-state index in [2.05, 4.69) is 20.3 Å². The van der Waals surface area contributed by atoms with E-state index in [1.54, 1.807) is 0 Å². The first kappa shape index (κ1) is 10.5. The Morgan fingerprint density at radius 3 is 2.36 bits per heavy atom. The van der Waals surface area contributed by atoms with E-state index in [1.165, 1.54) is 7.11 Å². The number of ether oxygens (including phenoxy) is 1. The van der Waals surface area contributed by atoms with Gasteiger partial charge in [-0.1, -0.05) is 0 Å². The van der Waals surface area contributed by atoms with Gasteiger partial charge in [-0.3, -0.25) is 5.21 Å². The molecule has 0 saturated carbocycles. The van der Waals surface area contributed by atoms with Crippen LogP contribution in [0.3, 0.4) is 0 Å². The molecule has 0 saturated heterocycles. The summed E-state index contributed by atoms with van der Waals surface area (Å²) in [6.07, 6.45) is 0. The SMILES string of the molecule is COc1nc(NO)nc(NC(C)C)n1. The van der Waals surface area contributed by atoms with E-state index in [0.29, 0.717) is 5.95 Å². The molecule has 3 N–H and O–H groups in total. The predicted octanol–water partition coefficient (Wildman–Crippen LogP) is 0.502. The van der Waals surface area contributed by atoms with Crippen molar-refractivity contribution < 1.29 is 9.94 Å². The lowest BCUT2D eigenvalue weighted by Crippen LogP contribution is -2.14. The van der Waals surface area contributed by atoms with Crippen LogP contribution in [0.15, 0.2) is 0 Å². The average molecular weight is 199 g/mol. The fourth-order valence-corrected chi connectivity index (χ4v) is 0.821. The highest BCUT2D eigenvalue weighted by atomic mass is 16.5. The molecule has 0 atom stereocenters. The van der Waals surface area contributed by atoms with Crippen LogP contribution in [0, 0.1) is 0 Å². The van der Waals surface area contributed by atoms with Gasteiger partial charge in [0.05, 0.1) is 7.11 Å². The Morgan fingerprint density at radius 1 is 1.21 bits per heavy atom. The van der Waals surface area contributed by atoms with E-state index < -0.39 is 0 Å². The van der Waals surface area contributed by atoms with Gasteiger partial charge in [0.2, 0.25) is 5.95 Å². The van der Waals surface area contributed by atoms with Crippen molar-refractivity contribution >= 4 is 11.9 Å². The second kappa shape index (κ2) is 4.56. The van der Waals surface area contributed by atoms with E-state index >= 15 is 0 Å². The lowest BCUT2D eigenvalue weighted by molar-refractivity contribution is 0.363. The Bertz CT molecular complexity index is 282. The predicted molar refractivity (Wildman–Crippen MR) is 50.5 cm³/mol. The van der Waals surface area contributed by atoms with Gasteiger partial charge in [-0.05, 0) is 13.8 Å². The molecular weight excluding hydrogens is 186 g/mol. The summed E-state index contributed by atoms with van der Waals surface area (Å²) in [7, 11) is 1.44. The molecule has 0 unspecified atom stereocenters. The normalized spacial score (nSPS) is 10.1. The number of hydrogen-bond acceptors (Lipinski definition) is 7. The van der Waals surface area contributed by atoms with Crippen LogP contribution in [0.25, 0.3) is 0 Å². The van der Waals surface area contributed by atoms with E-state index in [-0.39, 0.29) is 18.0 Å². The van der Waals surface area contributed by atoms with E-state index in [9.17, 15) is 0 Å². The average Bonchev–Trinajstić information content (AvgIpc) is 2.16. The standard InChI is InChI=1S/C7H13N5O2/c1-4(2)8-5-9-6(12-13)11-7(10-5)14-3/h4,13H,1-3H3,(H2,8,9,10,11,12). The fraction of sp³-hybridized carbons (Fsp3) is 0.571. The van der Waals surface area contributed by atoms with Crippen molar-refractivity contribution in [1.82, 2.24) is 15.0 Å². The lowest BCUT2D eigenvalue weighted by Gasteiger charge is -2.09. The second-order valence-electron chi connectivity index (χ2n) is 2.88. The third kappa shape index (κ3) is 2.70. The zero-order chi connectivity index (χ0) is 10.6. The first-order valence-electron chi connectivity index (χ1n) is 4.12. The molecule has 0 fully saturated rings. The zero-order valence-corrected chi connectivity index (χ0v) is 8.27. The van der Waals surface area contributed by atoms with Crippen molar-refractivity contribution in [1.29, 1.82) is 0 Å². The molecule has 0 aliphatic heterocycles. The van der Waals surface area contributed by atoms with Crippen molar-refractivity contribution in [2.45, 2.75) is 19.9 Å². The van der Waals surface area contributed by atoms with Crippen molar-refractivity contribution in [3.05, 3.63) is 0 Å². The number of methoxy groups -OCH3 is 1. The van der Waals surface area contributed by atoms with Gasteiger partial charge in [-0.2, -0.15) is 15.0 Å². The van der Waals surface area contributed by atoms with Gasteiger partial charge in [0, 0.05) is 6.04 Å². The molecule has 0 aliphatic carbocycles. The number of rotatable bonds is 4. The van der Waals surface area contributed by atoms with E-state index in [1.807, 2.05) is 19.3 Å². The van der Waals surface area contributed by atoms with E-state index in [0.717, 1.165) is 0 Å². The molecule has 1 aromatic heterocycles. The minimum Gasteiger partial charge on any atom is -0.467 e. The first-order chi connectivity index (χ1) is 6.65. The van der Waals surface area contributed by atoms with Gasteiger partial charge < -0.3 is 10.1 Å². The zero-order valence-electron chi connectivity index (χ0n) is 8.27. The van der Waals surface area contributed by atoms with Gasteiger partial charge in [-0.25, -0.2) is 5.48 Å². The second-order valence-corrected chi connectivity index (χ2v) is 2.88. The maximum Gasteiger partial charge on any atom is 0.322 e. The lowest BCUT2D eigenvalue weighted by atomic mass is 10.4. The van der Waals surface area contributed by atoms with Crippen LogP contribution in [0.2, 0.25) is 0 Å². The number of nitrogens with one attached hydrogen (secondary N) is 2. The number of aromatic nitrogens is 3. The summed E-state index contributed by atoms with van der Waals surface area (Å²) in [5.41, 5.74) is 1.83. The van der Waals surface area contributed by atoms with Crippen LogP contribution in [0.4, 0.5) is 11.9 Å². The highest BCUT2D eigenvalue weighted by molar-refractivity contribution is 5.34. The number of hydrogen-bond donors (Lipinski definition) is 3. The molecule has 7 nitrogen and oxygen atoms in total. The highest BCUT2D eigenvalue weighted by Gasteiger charge is 2.06. The van der Waals surface area contributed by atoms with Crippen LogP contribution in [-0.2, 0) is 0 Å². The summed E-state index contributed by atoms with van der Waals surface area (Å²) in [6.45, 7) is 3.89. The molecule has 1 aromatic rings. The molecule has 0 amide bonds. The summed E-state index contributed by atoms with van der Waals surface area (Å²) in [5.74, 6) is 0.392. The van der Waals surface area contributed by atoms with Crippen LogP contribution in [-0.4, -0.2) is 33.3 Å². The molecule has 78 valence electrons. The van der Waals surface area contributed by atoms with Gasteiger partial charge in [-0.15, -0.1) is 0 Å². The topological polar surface area (TPSA) is 92.2 Å². The van der Waals surface area contributed by atoms with Crippen molar-refractivity contribution in [2.24, 2.45) is 0 Å². The van der Waals surface area contributed by atoms with Crippen molar-refractivity contribution in [2.75, 3.05) is 17.9 Å². The summed E-state index contributed by atoms with van der Waals surface area (Å²) in [5, 5.41) is 11.6. The Balaban J connectivity index is 2.92. The maximum absolute atomic E-state index is 8.63. The Kier molecular flexibility index (Phi) is 3.41. The molecule has 7 heteroatoms. The monoisotopic (exact) mass is 199 g/mol. The first-order valence-corrected chi connectivity index (χ1v) is 4.12. The van der Waals surface area contributed by atoms with Crippen LogP contribution < -0.4 is 15.5 Å². The number of anilines is 2. The van der Waals surface area contributed by atoms with E-state index in [4.69, 9.17) is 9.94 Å². The van der Waals surface area contributed by atoms with Crippen molar-refractivity contribution in [3.8, 4) is 6.01 Å². The third-order valence-electron chi connectivity index (χ3n) is 1.32. The largest absolute Gasteiger partial charge is 0.467 e. The molecule has 1 heterocycles. The molecular formula is C7H13N5O2. The quantitative estimate of drug-likeness (QED) is 0.608. The summed E-state index contributed by atoms with van der Waals surface area (Å²) in [4.78, 5) is 11.5.